The lowest BCUT2D eigenvalue weighted by Gasteiger charge is -2.44. The molecule has 3 aromatic rings. The maximum absolute atomic E-state index is 12.7. The molecule has 8 atom stereocenters. The molecule has 0 radical (unpaired) electrons. The van der Waals surface area contributed by atoms with Crippen LogP contribution in [0.1, 0.15) is 32.6 Å². The van der Waals surface area contributed by atoms with Crippen LogP contribution in [0.5, 0.6) is 28.7 Å². The summed E-state index contributed by atoms with van der Waals surface area (Å²) in [6, 6.07) is 5.64. The van der Waals surface area contributed by atoms with Gasteiger partial charge in [-0.15, -0.1) is 0 Å². The van der Waals surface area contributed by atoms with E-state index in [1.165, 1.54) is 6.07 Å². The summed E-state index contributed by atoms with van der Waals surface area (Å²) >= 11 is 0. The van der Waals surface area contributed by atoms with Gasteiger partial charge in [-0.25, -0.2) is 0 Å². The van der Waals surface area contributed by atoms with Crippen molar-refractivity contribution in [3.05, 3.63) is 64.9 Å². The molecule has 2 aromatic carbocycles. The van der Waals surface area contributed by atoms with E-state index in [-0.39, 0.29) is 39.7 Å². The number of fused-ring (bicyclic) bond motifs is 2. The average molecular weight is 649 g/mol. The van der Waals surface area contributed by atoms with E-state index in [1.807, 2.05) is 0 Å². The zero-order valence-electron chi connectivity index (χ0n) is 25.0. The van der Waals surface area contributed by atoms with Gasteiger partial charge in [0, 0.05) is 29.5 Å². The first-order valence-electron chi connectivity index (χ1n) is 15.0. The standard InChI is InChI=1S/C19H22O6.C15H10O7/c1-9-7-17-8-18(9,24)5-3-10(17)19-6-4-11(20)16(2,15(23)25-19)13(19)12(17)14(21)22;16-7-4-10(19)12-11(5-7)22-15(14(21)13(12)20)6-1-2-8(17)9(18)3-6/h4,6,10-13,20,24H,1,3,5,7-8H2,2H3,(H,21,22);1-5,16-19,21H/t10-,11+,12-,13-,16-,17+,18+,19-;/m1./s1. The summed E-state index contributed by atoms with van der Waals surface area (Å²) in [5.41, 5.74) is -4.18. The van der Waals surface area contributed by atoms with Crippen molar-refractivity contribution in [3.8, 4) is 40.1 Å². The minimum Gasteiger partial charge on any atom is -0.508 e. The highest BCUT2D eigenvalue weighted by atomic mass is 16.6. The molecule has 4 aliphatic carbocycles. The Bertz CT molecular complexity index is 2010. The van der Waals surface area contributed by atoms with Gasteiger partial charge in [-0.05, 0) is 67.9 Å². The van der Waals surface area contributed by atoms with Crippen molar-refractivity contribution in [1.29, 1.82) is 0 Å². The molecule has 246 valence electrons. The minimum absolute atomic E-state index is 0.134. The van der Waals surface area contributed by atoms with Gasteiger partial charge in [0.25, 0.3) is 0 Å². The van der Waals surface area contributed by atoms with Crippen LogP contribution in [0, 0.1) is 28.6 Å². The molecule has 8 N–H and O–H groups in total. The Morgan fingerprint density at radius 3 is 2.43 bits per heavy atom. The van der Waals surface area contributed by atoms with Crippen LogP contribution < -0.4 is 5.43 Å². The molecule has 3 saturated carbocycles. The Hall–Kier alpha value is -5.01. The van der Waals surface area contributed by atoms with Crippen LogP contribution in [-0.4, -0.2) is 70.1 Å². The Labute approximate surface area is 265 Å². The number of carbonyl (C=O) groups is 2. The summed E-state index contributed by atoms with van der Waals surface area (Å²) in [6.07, 6.45) is 4.11. The lowest BCUT2D eigenvalue weighted by Crippen LogP contribution is -2.50. The van der Waals surface area contributed by atoms with Crippen LogP contribution in [0.15, 0.2) is 63.8 Å². The molecule has 0 unspecified atom stereocenters. The topological polar surface area (TPSA) is 235 Å². The predicted molar refractivity (Wildman–Crippen MR) is 161 cm³/mol. The quantitative estimate of drug-likeness (QED) is 0.113. The van der Waals surface area contributed by atoms with Gasteiger partial charge >= 0.3 is 11.9 Å². The Morgan fingerprint density at radius 1 is 1.02 bits per heavy atom. The Kier molecular flexibility index (Phi) is 6.20. The summed E-state index contributed by atoms with van der Waals surface area (Å²) in [5, 5.41) is 79.2. The van der Waals surface area contributed by atoms with E-state index < -0.39 is 74.6 Å². The first kappa shape index (κ1) is 30.6. The molecule has 1 aliphatic heterocycles. The highest BCUT2D eigenvalue weighted by Gasteiger charge is 2.83. The number of carboxylic acids is 1. The van der Waals surface area contributed by atoms with E-state index in [4.69, 9.17) is 9.15 Å². The molecule has 13 heteroatoms. The number of phenolic OH excluding ortho intramolecular Hbond substituents is 4. The second-order valence-corrected chi connectivity index (χ2v) is 13.6. The maximum Gasteiger partial charge on any atom is 0.316 e. The third kappa shape index (κ3) is 3.80. The number of aliphatic hydroxyl groups is 2. The van der Waals surface area contributed by atoms with E-state index in [0.29, 0.717) is 31.3 Å². The first-order valence-corrected chi connectivity index (χ1v) is 15.0. The third-order valence-corrected chi connectivity index (χ3v) is 11.3. The number of carbonyl (C=O) groups excluding carboxylic acids is 1. The van der Waals surface area contributed by atoms with Gasteiger partial charge in [0.05, 0.1) is 17.6 Å². The van der Waals surface area contributed by atoms with Crippen LogP contribution in [0.2, 0.25) is 0 Å². The van der Waals surface area contributed by atoms with Crippen molar-refractivity contribution >= 4 is 22.9 Å². The fourth-order valence-corrected chi connectivity index (χ4v) is 9.27. The third-order valence-electron chi connectivity index (χ3n) is 11.3. The SMILES string of the molecule is C=C1C[C@]23C[C@@]1(O)CC[C@H]2[C@@]12C=C[C@H](O)[C@@](C)(C(=O)O1)[C@H]2[C@@H]3C(=O)O.O=c1c(O)c(-c2ccc(O)c(O)c2)oc2cc(O)cc(O)c12. The monoisotopic (exact) mass is 648 g/mol. The second kappa shape index (κ2) is 9.52. The Balaban J connectivity index is 0.000000151. The van der Waals surface area contributed by atoms with Gasteiger partial charge in [-0.1, -0.05) is 12.7 Å². The molecule has 47 heavy (non-hydrogen) atoms. The number of rotatable bonds is 2. The number of carboxylic acid groups (broad SMARTS) is 1. The zero-order valence-corrected chi connectivity index (χ0v) is 25.0. The van der Waals surface area contributed by atoms with Crippen LogP contribution >= 0.6 is 0 Å². The van der Waals surface area contributed by atoms with E-state index in [0.717, 1.165) is 24.3 Å². The van der Waals surface area contributed by atoms with Gasteiger partial charge in [-0.3, -0.25) is 14.4 Å². The summed E-state index contributed by atoms with van der Waals surface area (Å²) < 4.78 is 11.2. The highest BCUT2D eigenvalue weighted by Crippen LogP contribution is 2.77. The number of hydrogen-bond donors (Lipinski definition) is 8. The fourth-order valence-electron chi connectivity index (χ4n) is 9.27. The molecule has 4 bridgehead atoms. The number of aliphatic carboxylic acids is 1. The van der Waals surface area contributed by atoms with Gasteiger partial charge in [0.15, 0.2) is 17.3 Å². The molecule has 1 aromatic heterocycles. The molecule has 5 aliphatic rings. The Morgan fingerprint density at radius 2 is 1.74 bits per heavy atom. The predicted octanol–water partition coefficient (Wildman–Crippen LogP) is 3.02. The van der Waals surface area contributed by atoms with Crippen molar-refractivity contribution in [1.82, 2.24) is 0 Å². The summed E-state index contributed by atoms with van der Waals surface area (Å²) in [5.74, 6) is -5.89. The molecule has 1 spiro atoms. The molecule has 4 fully saturated rings. The molecule has 13 nitrogen and oxygen atoms in total. The van der Waals surface area contributed by atoms with Gasteiger partial charge < -0.3 is 50.0 Å². The van der Waals surface area contributed by atoms with E-state index in [1.54, 1.807) is 19.1 Å². The first-order chi connectivity index (χ1) is 22.0. The van der Waals surface area contributed by atoms with Crippen LogP contribution in [-0.2, 0) is 14.3 Å². The van der Waals surface area contributed by atoms with Gasteiger partial charge in [-0.2, -0.15) is 0 Å². The smallest absolute Gasteiger partial charge is 0.316 e. The van der Waals surface area contributed by atoms with E-state index in [9.17, 15) is 55.2 Å². The number of aromatic hydroxyl groups is 5. The second-order valence-electron chi connectivity index (χ2n) is 13.6. The molecular formula is C34H32O13. The van der Waals surface area contributed by atoms with Crippen LogP contribution in [0.4, 0.5) is 0 Å². The lowest BCUT2D eigenvalue weighted by molar-refractivity contribution is -0.163. The normalized spacial score (nSPS) is 36.0. The largest absolute Gasteiger partial charge is 0.508 e. The van der Waals surface area contributed by atoms with Crippen LogP contribution in [0.3, 0.4) is 0 Å². The fraction of sp³-hybridized carbons (Fsp3) is 0.382. The lowest BCUT2D eigenvalue weighted by atomic mass is 9.61. The molecule has 0 amide bonds. The molecule has 1 saturated heterocycles. The summed E-state index contributed by atoms with van der Waals surface area (Å²) in [7, 11) is 0. The van der Waals surface area contributed by atoms with E-state index in [2.05, 4.69) is 6.58 Å². The van der Waals surface area contributed by atoms with Gasteiger partial charge in [0.2, 0.25) is 11.2 Å². The zero-order chi connectivity index (χ0) is 34.0. The summed E-state index contributed by atoms with van der Waals surface area (Å²) in [4.78, 5) is 37.2. The summed E-state index contributed by atoms with van der Waals surface area (Å²) in [6.45, 7) is 5.64. The van der Waals surface area contributed by atoms with E-state index >= 15 is 0 Å². The van der Waals surface area contributed by atoms with Crippen molar-refractivity contribution in [2.75, 3.05) is 0 Å². The number of hydrogen-bond acceptors (Lipinski definition) is 12. The number of aliphatic hydroxyl groups excluding tert-OH is 1. The number of esters is 1. The van der Waals surface area contributed by atoms with Crippen molar-refractivity contribution in [3.63, 3.8) is 0 Å². The number of ether oxygens (including phenoxy) is 1. The number of phenols is 4. The van der Waals surface area contributed by atoms with Crippen molar-refractivity contribution in [2.24, 2.45) is 28.6 Å². The van der Waals surface area contributed by atoms with Crippen LogP contribution in [0.25, 0.3) is 22.3 Å². The van der Waals surface area contributed by atoms with Crippen molar-refractivity contribution < 1.29 is 59.6 Å². The molecular weight excluding hydrogens is 616 g/mol. The van der Waals surface area contributed by atoms with Crippen molar-refractivity contribution in [2.45, 2.75) is 49.9 Å². The maximum atomic E-state index is 12.7. The number of benzene rings is 2. The molecule has 2 heterocycles. The van der Waals surface area contributed by atoms with Gasteiger partial charge in [0.1, 0.15) is 33.5 Å². The molecule has 8 rings (SSSR count). The average Bonchev–Trinajstić information content (AvgIpc) is 3.42. The highest BCUT2D eigenvalue weighted by molar-refractivity contribution is 5.88. The minimum atomic E-state index is -1.27.